The highest BCUT2D eigenvalue weighted by Gasteiger charge is 2.24. The highest BCUT2D eigenvalue weighted by Crippen LogP contribution is 2.37. The Kier molecular flexibility index (Phi) is 13.6. The van der Waals surface area contributed by atoms with E-state index in [1.54, 1.807) is 24.3 Å². The van der Waals surface area contributed by atoms with Crippen molar-refractivity contribution in [1.29, 1.82) is 0 Å². The summed E-state index contributed by atoms with van der Waals surface area (Å²) in [6.45, 7) is 4.33. The van der Waals surface area contributed by atoms with Gasteiger partial charge in [0.05, 0.1) is 33.4 Å². The molecule has 0 aliphatic heterocycles. The van der Waals surface area contributed by atoms with Crippen LogP contribution in [0.3, 0.4) is 0 Å². The van der Waals surface area contributed by atoms with Crippen molar-refractivity contribution in [2.24, 2.45) is 5.92 Å². The molecule has 0 aliphatic rings. The van der Waals surface area contributed by atoms with Crippen molar-refractivity contribution < 1.29 is 58.7 Å². The van der Waals surface area contributed by atoms with Crippen molar-refractivity contribution in [3.05, 3.63) is 129 Å². The summed E-state index contributed by atoms with van der Waals surface area (Å²) in [7, 11) is 0. The van der Waals surface area contributed by atoms with E-state index in [1.807, 2.05) is 24.3 Å². The lowest BCUT2D eigenvalue weighted by Crippen LogP contribution is -2.14. The molecule has 4 aromatic rings. The van der Waals surface area contributed by atoms with Crippen molar-refractivity contribution in [3.8, 4) is 11.5 Å². The molecule has 0 aromatic heterocycles. The Morgan fingerprint density at radius 2 is 0.887 bits per heavy atom. The van der Waals surface area contributed by atoms with Gasteiger partial charge in [0.15, 0.2) is 0 Å². The van der Waals surface area contributed by atoms with Gasteiger partial charge >= 0.3 is 35.8 Å². The van der Waals surface area contributed by atoms with Crippen molar-refractivity contribution in [2.45, 2.75) is 64.7 Å². The molecule has 0 spiro atoms. The van der Waals surface area contributed by atoms with Crippen LogP contribution in [0.1, 0.15) is 138 Å². The summed E-state index contributed by atoms with van der Waals surface area (Å²) in [6.07, 6.45) is 7.79. The fourth-order valence-electron chi connectivity index (χ4n) is 6.15. The number of ether oxygens (including phenoxy) is 2. The third kappa shape index (κ3) is 10.4. The van der Waals surface area contributed by atoms with E-state index in [2.05, 4.69) is 13.8 Å². The Morgan fingerprint density at radius 3 is 1.26 bits per heavy atom. The molecule has 0 fully saturated rings. The van der Waals surface area contributed by atoms with E-state index < -0.39 is 58.1 Å². The number of hydrogen-bond acceptors (Lipinski definition) is 8. The summed E-state index contributed by atoms with van der Waals surface area (Å²) in [5, 5.41) is 37.4. The predicted molar refractivity (Wildman–Crippen MR) is 193 cm³/mol. The van der Waals surface area contributed by atoms with Gasteiger partial charge in [-0.05, 0) is 84.1 Å². The van der Waals surface area contributed by atoms with Gasteiger partial charge in [0.1, 0.15) is 11.5 Å². The molecule has 1 atom stereocenters. The largest absolute Gasteiger partial charge is 0.478 e. The van der Waals surface area contributed by atoms with Crippen LogP contribution in [0.5, 0.6) is 11.5 Å². The smallest absolute Gasteiger partial charge is 0.343 e. The molecule has 12 heteroatoms. The van der Waals surface area contributed by atoms with Crippen LogP contribution >= 0.6 is 0 Å². The average Bonchev–Trinajstić information content (AvgIpc) is 3.13. The Morgan fingerprint density at radius 1 is 0.509 bits per heavy atom. The quantitative estimate of drug-likeness (QED) is 0.0434. The van der Waals surface area contributed by atoms with E-state index in [9.17, 15) is 49.2 Å². The minimum Gasteiger partial charge on any atom is -0.478 e. The van der Waals surface area contributed by atoms with Crippen LogP contribution in [-0.2, 0) is 0 Å². The van der Waals surface area contributed by atoms with Crippen molar-refractivity contribution in [2.75, 3.05) is 0 Å². The summed E-state index contributed by atoms with van der Waals surface area (Å²) in [5.74, 6) is -7.10. The summed E-state index contributed by atoms with van der Waals surface area (Å²) < 4.78 is 11.0. The molecule has 0 radical (unpaired) electrons. The zero-order valence-corrected chi connectivity index (χ0v) is 29.2. The first kappa shape index (κ1) is 39.5. The number of carbonyl (C=O) groups is 6. The van der Waals surface area contributed by atoms with E-state index in [0.717, 1.165) is 67.5 Å². The lowest BCUT2D eigenvalue weighted by Gasteiger charge is -2.26. The van der Waals surface area contributed by atoms with E-state index in [4.69, 9.17) is 9.47 Å². The van der Waals surface area contributed by atoms with E-state index in [1.165, 1.54) is 25.0 Å². The molecule has 0 heterocycles. The molecule has 276 valence electrons. The van der Waals surface area contributed by atoms with Crippen molar-refractivity contribution in [3.63, 3.8) is 0 Å². The van der Waals surface area contributed by atoms with Crippen LogP contribution in [0.2, 0.25) is 0 Å². The van der Waals surface area contributed by atoms with Crippen LogP contribution in [0.4, 0.5) is 0 Å². The second-order valence-electron chi connectivity index (χ2n) is 12.7. The number of hydrogen-bond donors (Lipinski definition) is 4. The third-order valence-corrected chi connectivity index (χ3v) is 8.91. The first-order valence-electron chi connectivity index (χ1n) is 17.2. The molecule has 0 bridgehead atoms. The second kappa shape index (κ2) is 18.3. The molecule has 4 aromatic carbocycles. The number of rotatable bonds is 18. The Balaban J connectivity index is 1.54. The summed E-state index contributed by atoms with van der Waals surface area (Å²) in [4.78, 5) is 71.7. The normalized spacial score (nSPS) is 11.5. The van der Waals surface area contributed by atoms with E-state index >= 15 is 0 Å². The molecule has 12 nitrogen and oxygen atoms in total. The minimum absolute atomic E-state index is 0.108. The van der Waals surface area contributed by atoms with E-state index in [-0.39, 0.29) is 34.5 Å². The first-order valence-corrected chi connectivity index (χ1v) is 17.2. The highest BCUT2D eigenvalue weighted by atomic mass is 16.5. The summed E-state index contributed by atoms with van der Waals surface area (Å²) in [5.41, 5.74) is -0.373. The number of carbonyl (C=O) groups excluding carboxylic acids is 2. The Hall–Kier alpha value is -6.30. The number of esters is 2. The number of benzene rings is 4. The molecular weight excluding hydrogens is 684 g/mol. The number of unbranched alkanes of at least 4 members (excludes halogenated alkanes) is 5. The van der Waals surface area contributed by atoms with Crippen LogP contribution in [0.15, 0.2) is 84.9 Å². The maximum absolute atomic E-state index is 12.9. The Labute approximate surface area is 305 Å². The van der Waals surface area contributed by atoms with Gasteiger partial charge in [-0.3, -0.25) is 0 Å². The van der Waals surface area contributed by atoms with Gasteiger partial charge in [-0.2, -0.15) is 0 Å². The summed E-state index contributed by atoms with van der Waals surface area (Å²) >= 11 is 0. The van der Waals surface area contributed by atoms with Crippen LogP contribution in [0.25, 0.3) is 0 Å². The van der Waals surface area contributed by atoms with Crippen molar-refractivity contribution in [1.82, 2.24) is 0 Å². The topological polar surface area (TPSA) is 202 Å². The molecule has 0 saturated carbocycles. The molecule has 1 unspecified atom stereocenters. The van der Waals surface area contributed by atoms with Gasteiger partial charge in [-0.15, -0.1) is 0 Å². The second-order valence-corrected chi connectivity index (χ2v) is 12.7. The van der Waals surface area contributed by atoms with Crippen molar-refractivity contribution >= 4 is 35.8 Å². The third-order valence-electron chi connectivity index (χ3n) is 8.91. The van der Waals surface area contributed by atoms with Gasteiger partial charge in [0, 0.05) is 5.92 Å². The molecule has 53 heavy (non-hydrogen) atoms. The van der Waals surface area contributed by atoms with Gasteiger partial charge in [0.25, 0.3) is 0 Å². The van der Waals surface area contributed by atoms with Gasteiger partial charge < -0.3 is 29.9 Å². The lowest BCUT2D eigenvalue weighted by atomic mass is 9.79. The fraction of sp³-hybridized carbons (Fsp3) is 0.268. The number of carboxylic acids is 4. The molecule has 4 rings (SSSR count). The molecule has 0 aliphatic carbocycles. The van der Waals surface area contributed by atoms with Crippen LogP contribution < -0.4 is 9.47 Å². The number of aromatic carboxylic acids is 4. The summed E-state index contributed by atoms with van der Waals surface area (Å²) in [6, 6.07) is 20.2. The first-order chi connectivity index (χ1) is 25.3. The van der Waals surface area contributed by atoms with Crippen LogP contribution in [-0.4, -0.2) is 56.2 Å². The van der Waals surface area contributed by atoms with Gasteiger partial charge in [-0.1, -0.05) is 76.6 Å². The predicted octanol–water partition coefficient (Wildman–Crippen LogP) is 8.44. The molecular formula is C41H40O12. The lowest BCUT2D eigenvalue weighted by molar-refractivity contribution is 0.0650. The van der Waals surface area contributed by atoms with Crippen LogP contribution in [0, 0.1) is 5.92 Å². The fourth-order valence-corrected chi connectivity index (χ4v) is 6.15. The molecule has 0 amide bonds. The maximum atomic E-state index is 12.9. The average molecular weight is 725 g/mol. The standard InChI is InChI=1S/C41H40O12/c1-3-4-5-6-7-8-9-24(2)35(25-10-16-29(17-11-25)52-40(50)27-14-20-31(36(42)43)33(22-27)38(46)47)26-12-18-30(19-13-26)53-41(51)28-15-21-32(37(44)45)34(23-28)39(48)49/h10-24,35H,3-9H2,1-2H3,(H,42,43)(H,44,45)(H,46,47)(H,48,49). The zero-order valence-electron chi connectivity index (χ0n) is 29.2. The zero-order chi connectivity index (χ0) is 38.7. The van der Waals surface area contributed by atoms with E-state index in [0.29, 0.717) is 0 Å². The molecule has 0 saturated heterocycles. The number of carboxylic acid groups (broad SMARTS) is 4. The highest BCUT2D eigenvalue weighted by molar-refractivity contribution is 6.05. The Bertz CT molecular complexity index is 1850. The van der Waals surface area contributed by atoms with Gasteiger partial charge in [0.2, 0.25) is 0 Å². The van der Waals surface area contributed by atoms with Gasteiger partial charge in [-0.25, -0.2) is 28.8 Å². The SMILES string of the molecule is CCCCCCCCC(C)C(c1ccc(OC(=O)c2ccc(C(=O)O)c(C(=O)O)c2)cc1)c1ccc(OC(=O)c2ccc(C(=O)O)c(C(=O)O)c2)cc1. The maximum Gasteiger partial charge on any atom is 0.343 e. The monoisotopic (exact) mass is 724 g/mol. The molecule has 4 N–H and O–H groups in total. The minimum atomic E-state index is -1.49.